The number of rotatable bonds is 9. The number of nitrogens with zero attached hydrogens (tertiary/aromatic N) is 1. The second kappa shape index (κ2) is 10.6. The zero-order chi connectivity index (χ0) is 21.4. The Morgan fingerprint density at radius 3 is 2.21 bits per heavy atom. The summed E-state index contributed by atoms with van der Waals surface area (Å²) in [4.78, 5) is 27.4. The zero-order valence-electron chi connectivity index (χ0n) is 18.1. The van der Waals surface area contributed by atoms with Crippen molar-refractivity contribution < 1.29 is 14.3 Å². The monoisotopic (exact) mass is 396 g/mol. The fourth-order valence-corrected chi connectivity index (χ4v) is 3.35. The molecule has 0 aliphatic heterocycles. The third-order valence-corrected chi connectivity index (χ3v) is 4.87. The summed E-state index contributed by atoms with van der Waals surface area (Å²) in [6.45, 7) is 8.81. The lowest BCUT2D eigenvalue weighted by Crippen LogP contribution is -2.48. The molecule has 0 bridgehead atoms. The first-order valence-electron chi connectivity index (χ1n) is 10.1. The van der Waals surface area contributed by atoms with Crippen molar-refractivity contribution in [1.29, 1.82) is 0 Å². The predicted molar refractivity (Wildman–Crippen MR) is 116 cm³/mol. The van der Waals surface area contributed by atoms with E-state index in [2.05, 4.69) is 11.4 Å². The zero-order valence-corrected chi connectivity index (χ0v) is 18.1. The van der Waals surface area contributed by atoms with Crippen molar-refractivity contribution in [1.82, 2.24) is 10.2 Å². The Bertz CT molecular complexity index is 810. The summed E-state index contributed by atoms with van der Waals surface area (Å²) in [5.41, 5.74) is 4.18. The van der Waals surface area contributed by atoms with Gasteiger partial charge < -0.3 is 15.0 Å². The summed E-state index contributed by atoms with van der Waals surface area (Å²) in [5, 5.41) is 2.90. The first-order chi connectivity index (χ1) is 13.8. The molecule has 2 amide bonds. The van der Waals surface area contributed by atoms with E-state index in [0.717, 1.165) is 34.4 Å². The lowest BCUT2D eigenvalue weighted by molar-refractivity contribution is -0.140. The summed E-state index contributed by atoms with van der Waals surface area (Å²) in [6, 6.07) is 13.2. The Morgan fingerprint density at radius 1 is 1.03 bits per heavy atom. The number of benzene rings is 2. The number of aryl methyl sites for hydroxylation is 2. The SMILES string of the molecule is CCCNC(=O)[C@H](C)N(Cc1ccc(OC)cc1)C(=O)Cc1cc(C)cc(C)c1. The lowest BCUT2D eigenvalue weighted by atomic mass is 10.0. The first kappa shape index (κ1) is 22.5. The number of hydrogen-bond acceptors (Lipinski definition) is 3. The summed E-state index contributed by atoms with van der Waals surface area (Å²) in [6.07, 6.45) is 1.12. The van der Waals surface area contributed by atoms with Gasteiger partial charge in [-0.1, -0.05) is 48.4 Å². The van der Waals surface area contributed by atoms with Crippen LogP contribution in [0.15, 0.2) is 42.5 Å². The van der Waals surface area contributed by atoms with Gasteiger partial charge in [0, 0.05) is 13.1 Å². The molecule has 1 atom stereocenters. The highest BCUT2D eigenvalue weighted by Crippen LogP contribution is 2.17. The molecule has 5 heteroatoms. The molecule has 0 aromatic heterocycles. The summed E-state index contributed by atoms with van der Waals surface area (Å²) < 4.78 is 5.21. The Balaban J connectivity index is 2.23. The fourth-order valence-electron chi connectivity index (χ4n) is 3.35. The molecule has 0 saturated heterocycles. The minimum absolute atomic E-state index is 0.0648. The van der Waals surface area contributed by atoms with E-state index < -0.39 is 6.04 Å². The van der Waals surface area contributed by atoms with Crippen LogP contribution in [-0.2, 0) is 22.6 Å². The van der Waals surface area contributed by atoms with Crippen LogP contribution < -0.4 is 10.1 Å². The minimum atomic E-state index is -0.554. The topological polar surface area (TPSA) is 58.6 Å². The standard InChI is InChI=1S/C24H32N2O3/c1-6-11-25-24(28)19(4)26(16-20-7-9-22(29-5)10-8-20)23(27)15-21-13-17(2)12-18(3)14-21/h7-10,12-14,19H,6,11,15-16H2,1-5H3,(H,25,28)/t19-/m0/s1. The van der Waals surface area contributed by atoms with Crippen LogP contribution in [-0.4, -0.2) is 36.4 Å². The molecule has 0 aliphatic rings. The molecule has 1 N–H and O–H groups in total. The van der Waals surface area contributed by atoms with Gasteiger partial charge in [-0.15, -0.1) is 0 Å². The molecule has 2 aromatic rings. The average molecular weight is 397 g/mol. The molecular weight excluding hydrogens is 364 g/mol. The number of carbonyl (C=O) groups excluding carboxylic acids is 2. The number of nitrogens with one attached hydrogen (secondary N) is 1. The highest BCUT2D eigenvalue weighted by Gasteiger charge is 2.26. The molecule has 0 saturated carbocycles. The van der Waals surface area contributed by atoms with Crippen LogP contribution in [0.1, 0.15) is 42.5 Å². The van der Waals surface area contributed by atoms with Gasteiger partial charge in [-0.05, 0) is 50.5 Å². The van der Waals surface area contributed by atoms with Crippen molar-refractivity contribution >= 4 is 11.8 Å². The van der Waals surface area contributed by atoms with E-state index in [-0.39, 0.29) is 18.2 Å². The molecule has 0 unspecified atom stereocenters. The van der Waals surface area contributed by atoms with Crippen LogP contribution in [0.25, 0.3) is 0 Å². The van der Waals surface area contributed by atoms with Gasteiger partial charge in [0.15, 0.2) is 0 Å². The number of methoxy groups -OCH3 is 1. The van der Waals surface area contributed by atoms with Gasteiger partial charge in [0.1, 0.15) is 11.8 Å². The van der Waals surface area contributed by atoms with E-state index in [1.807, 2.05) is 57.2 Å². The molecule has 0 aliphatic carbocycles. The van der Waals surface area contributed by atoms with Gasteiger partial charge in [-0.25, -0.2) is 0 Å². The van der Waals surface area contributed by atoms with Crippen LogP contribution >= 0.6 is 0 Å². The van der Waals surface area contributed by atoms with Crippen LogP contribution in [0, 0.1) is 13.8 Å². The van der Waals surface area contributed by atoms with Gasteiger partial charge in [0.25, 0.3) is 0 Å². The van der Waals surface area contributed by atoms with Gasteiger partial charge >= 0.3 is 0 Å². The van der Waals surface area contributed by atoms with E-state index in [0.29, 0.717) is 13.1 Å². The summed E-state index contributed by atoms with van der Waals surface area (Å²) in [7, 11) is 1.62. The third kappa shape index (κ3) is 6.63. The number of hydrogen-bond donors (Lipinski definition) is 1. The number of carbonyl (C=O) groups is 2. The van der Waals surface area contributed by atoms with Crippen molar-refractivity contribution in [2.45, 2.75) is 53.1 Å². The van der Waals surface area contributed by atoms with Crippen LogP contribution in [0.3, 0.4) is 0 Å². The first-order valence-corrected chi connectivity index (χ1v) is 10.1. The molecular formula is C24H32N2O3. The summed E-state index contributed by atoms with van der Waals surface area (Å²) in [5.74, 6) is 0.565. The quantitative estimate of drug-likeness (QED) is 0.701. The highest BCUT2D eigenvalue weighted by atomic mass is 16.5. The molecule has 0 heterocycles. The fraction of sp³-hybridized carbons (Fsp3) is 0.417. The predicted octanol–water partition coefficient (Wildman–Crippen LogP) is 3.80. The molecule has 2 rings (SSSR count). The Kier molecular flexibility index (Phi) is 8.25. The molecule has 0 spiro atoms. The van der Waals surface area contributed by atoms with E-state index in [1.165, 1.54) is 0 Å². The average Bonchev–Trinajstić information content (AvgIpc) is 2.69. The van der Waals surface area contributed by atoms with Crippen molar-refractivity contribution in [3.63, 3.8) is 0 Å². The Labute approximate surface area is 174 Å². The second-order valence-electron chi connectivity index (χ2n) is 7.51. The number of amides is 2. The van der Waals surface area contributed by atoms with Gasteiger partial charge in [0.2, 0.25) is 11.8 Å². The van der Waals surface area contributed by atoms with Crippen molar-refractivity contribution in [2.24, 2.45) is 0 Å². The van der Waals surface area contributed by atoms with E-state index >= 15 is 0 Å². The van der Waals surface area contributed by atoms with E-state index in [4.69, 9.17) is 4.74 Å². The van der Waals surface area contributed by atoms with Gasteiger partial charge in [0.05, 0.1) is 13.5 Å². The van der Waals surface area contributed by atoms with Crippen LogP contribution in [0.2, 0.25) is 0 Å². The van der Waals surface area contributed by atoms with E-state index in [1.54, 1.807) is 18.9 Å². The molecule has 29 heavy (non-hydrogen) atoms. The molecule has 5 nitrogen and oxygen atoms in total. The molecule has 0 radical (unpaired) electrons. The molecule has 156 valence electrons. The van der Waals surface area contributed by atoms with Crippen molar-refractivity contribution in [3.05, 3.63) is 64.7 Å². The third-order valence-electron chi connectivity index (χ3n) is 4.87. The largest absolute Gasteiger partial charge is 0.497 e. The smallest absolute Gasteiger partial charge is 0.242 e. The number of ether oxygens (including phenoxy) is 1. The lowest BCUT2D eigenvalue weighted by Gasteiger charge is -2.29. The maximum Gasteiger partial charge on any atom is 0.242 e. The van der Waals surface area contributed by atoms with Gasteiger partial charge in [-0.3, -0.25) is 9.59 Å². The summed E-state index contributed by atoms with van der Waals surface area (Å²) >= 11 is 0. The van der Waals surface area contributed by atoms with Crippen LogP contribution in [0.5, 0.6) is 5.75 Å². The maximum absolute atomic E-state index is 13.2. The normalized spacial score (nSPS) is 11.6. The Morgan fingerprint density at radius 2 is 1.66 bits per heavy atom. The maximum atomic E-state index is 13.2. The Hall–Kier alpha value is -2.82. The second-order valence-corrected chi connectivity index (χ2v) is 7.51. The highest BCUT2D eigenvalue weighted by molar-refractivity contribution is 5.88. The van der Waals surface area contributed by atoms with Crippen LogP contribution in [0.4, 0.5) is 0 Å². The van der Waals surface area contributed by atoms with E-state index in [9.17, 15) is 9.59 Å². The van der Waals surface area contributed by atoms with Gasteiger partial charge in [-0.2, -0.15) is 0 Å². The minimum Gasteiger partial charge on any atom is -0.497 e. The van der Waals surface area contributed by atoms with Crippen molar-refractivity contribution in [3.8, 4) is 5.75 Å². The molecule has 0 fully saturated rings. The molecule has 2 aromatic carbocycles. The van der Waals surface area contributed by atoms with Crippen molar-refractivity contribution in [2.75, 3.05) is 13.7 Å².